The number of hydrogen-bond donors (Lipinski definition) is 2. The lowest BCUT2D eigenvalue weighted by atomic mass is 10.2. The summed E-state index contributed by atoms with van der Waals surface area (Å²) >= 11 is 5.88. The van der Waals surface area contributed by atoms with Crippen LogP contribution in [0.5, 0.6) is 0 Å². The topological polar surface area (TPSA) is 88.9 Å². The molecule has 0 unspecified atom stereocenters. The van der Waals surface area contributed by atoms with E-state index in [9.17, 15) is 14.0 Å². The number of aromatic nitrogens is 3. The minimum atomic E-state index is -0.831. The summed E-state index contributed by atoms with van der Waals surface area (Å²) in [6, 6.07) is 11.7. The highest BCUT2D eigenvalue weighted by atomic mass is 35.5. The number of amides is 2. The van der Waals surface area contributed by atoms with Crippen LogP contribution in [-0.4, -0.2) is 26.6 Å². The molecule has 3 aromatic rings. The minimum Gasteiger partial charge on any atom is -0.326 e. The lowest BCUT2D eigenvalue weighted by molar-refractivity contribution is -0.123. The molecule has 0 fully saturated rings. The zero-order valence-electron chi connectivity index (χ0n) is 13.8. The van der Waals surface area contributed by atoms with Crippen molar-refractivity contribution in [1.82, 2.24) is 14.8 Å². The SMILES string of the molecule is O=C(C[C@H]1C(=O)Nc2nc(-c3ccc(Cl)cc3)nn21)Nc1cccc(F)c1. The summed E-state index contributed by atoms with van der Waals surface area (Å²) in [6.07, 6.45) is -0.154. The Morgan fingerprint density at radius 1 is 1.26 bits per heavy atom. The van der Waals surface area contributed by atoms with E-state index in [1.54, 1.807) is 30.3 Å². The third-order valence-corrected chi connectivity index (χ3v) is 4.31. The molecule has 1 aliphatic heterocycles. The molecule has 1 atom stereocenters. The number of halogens is 2. The van der Waals surface area contributed by atoms with Crippen molar-refractivity contribution in [1.29, 1.82) is 0 Å². The van der Waals surface area contributed by atoms with Gasteiger partial charge in [0.25, 0.3) is 5.91 Å². The van der Waals surface area contributed by atoms with Gasteiger partial charge in [-0.05, 0) is 42.5 Å². The molecule has 2 N–H and O–H groups in total. The van der Waals surface area contributed by atoms with E-state index < -0.39 is 17.8 Å². The number of anilines is 2. The molecule has 9 heteroatoms. The summed E-state index contributed by atoms with van der Waals surface area (Å²) in [5.74, 6) is -0.581. The van der Waals surface area contributed by atoms with Crippen LogP contribution in [0.2, 0.25) is 5.02 Å². The third-order valence-electron chi connectivity index (χ3n) is 4.05. The van der Waals surface area contributed by atoms with Crippen LogP contribution in [0.4, 0.5) is 16.0 Å². The molecule has 2 amide bonds. The van der Waals surface area contributed by atoms with Crippen molar-refractivity contribution in [2.24, 2.45) is 0 Å². The van der Waals surface area contributed by atoms with Gasteiger partial charge >= 0.3 is 0 Å². The maximum Gasteiger partial charge on any atom is 0.252 e. The van der Waals surface area contributed by atoms with Gasteiger partial charge in [0.1, 0.15) is 11.9 Å². The van der Waals surface area contributed by atoms with Crippen LogP contribution in [0, 0.1) is 5.82 Å². The first-order valence-corrected chi connectivity index (χ1v) is 8.46. The van der Waals surface area contributed by atoms with Gasteiger partial charge in [0, 0.05) is 16.3 Å². The molecule has 136 valence electrons. The van der Waals surface area contributed by atoms with E-state index in [0.29, 0.717) is 16.5 Å². The summed E-state index contributed by atoms with van der Waals surface area (Å²) in [6.45, 7) is 0. The van der Waals surface area contributed by atoms with Gasteiger partial charge in [-0.25, -0.2) is 9.07 Å². The second kappa shape index (κ2) is 6.81. The predicted octanol–water partition coefficient (Wildman–Crippen LogP) is 3.26. The van der Waals surface area contributed by atoms with Gasteiger partial charge in [-0.3, -0.25) is 14.9 Å². The van der Waals surface area contributed by atoms with Crippen molar-refractivity contribution < 1.29 is 14.0 Å². The molecule has 0 bridgehead atoms. The molecule has 1 aromatic heterocycles. The van der Waals surface area contributed by atoms with Crippen LogP contribution in [0.1, 0.15) is 12.5 Å². The average molecular weight is 386 g/mol. The van der Waals surface area contributed by atoms with Gasteiger partial charge in [0.15, 0.2) is 5.82 Å². The predicted molar refractivity (Wildman–Crippen MR) is 97.8 cm³/mol. The van der Waals surface area contributed by atoms with Crippen molar-refractivity contribution in [2.75, 3.05) is 10.6 Å². The Morgan fingerprint density at radius 3 is 2.78 bits per heavy atom. The van der Waals surface area contributed by atoms with E-state index in [0.717, 1.165) is 5.56 Å². The van der Waals surface area contributed by atoms with Gasteiger partial charge in [0.2, 0.25) is 11.9 Å². The van der Waals surface area contributed by atoms with Crippen LogP contribution in [0.25, 0.3) is 11.4 Å². The summed E-state index contributed by atoms with van der Waals surface area (Å²) in [5, 5.41) is 10.1. The smallest absolute Gasteiger partial charge is 0.252 e. The maximum atomic E-state index is 13.2. The quantitative estimate of drug-likeness (QED) is 0.721. The number of fused-ring (bicyclic) bond motifs is 1. The van der Waals surface area contributed by atoms with Gasteiger partial charge in [-0.1, -0.05) is 17.7 Å². The summed E-state index contributed by atoms with van der Waals surface area (Å²) in [5.41, 5.74) is 1.05. The molecule has 0 saturated heterocycles. The molecule has 1 aliphatic rings. The van der Waals surface area contributed by atoms with Gasteiger partial charge in [0.05, 0.1) is 6.42 Å². The molecule has 0 aliphatic carbocycles. The lowest BCUT2D eigenvalue weighted by Gasteiger charge is -2.10. The number of nitrogens with one attached hydrogen (secondary N) is 2. The van der Waals surface area contributed by atoms with Gasteiger partial charge < -0.3 is 5.32 Å². The fraction of sp³-hybridized carbons (Fsp3) is 0.111. The van der Waals surface area contributed by atoms with E-state index in [-0.39, 0.29) is 18.3 Å². The van der Waals surface area contributed by atoms with Gasteiger partial charge in [-0.2, -0.15) is 4.98 Å². The van der Waals surface area contributed by atoms with E-state index in [1.165, 1.54) is 22.9 Å². The fourth-order valence-corrected chi connectivity index (χ4v) is 2.91. The van der Waals surface area contributed by atoms with Crippen molar-refractivity contribution in [3.63, 3.8) is 0 Å². The molecular weight excluding hydrogens is 373 g/mol. The van der Waals surface area contributed by atoms with E-state index in [4.69, 9.17) is 11.6 Å². The molecule has 0 radical (unpaired) electrons. The number of carbonyl (C=O) groups is 2. The number of hydrogen-bond acceptors (Lipinski definition) is 4. The fourth-order valence-electron chi connectivity index (χ4n) is 2.78. The number of nitrogens with zero attached hydrogens (tertiary/aromatic N) is 3. The molecule has 2 heterocycles. The molecule has 2 aromatic carbocycles. The van der Waals surface area contributed by atoms with E-state index in [2.05, 4.69) is 20.7 Å². The zero-order valence-corrected chi connectivity index (χ0v) is 14.6. The Balaban J connectivity index is 1.52. The number of rotatable bonds is 4. The molecule has 4 rings (SSSR count). The first-order valence-electron chi connectivity index (χ1n) is 8.08. The first-order chi connectivity index (χ1) is 13.0. The molecule has 27 heavy (non-hydrogen) atoms. The highest BCUT2D eigenvalue weighted by Crippen LogP contribution is 2.29. The highest BCUT2D eigenvalue weighted by molar-refractivity contribution is 6.30. The summed E-state index contributed by atoms with van der Waals surface area (Å²) in [4.78, 5) is 28.7. The molecule has 0 spiro atoms. The first kappa shape index (κ1) is 17.2. The van der Waals surface area contributed by atoms with Gasteiger partial charge in [-0.15, -0.1) is 5.10 Å². The van der Waals surface area contributed by atoms with Crippen LogP contribution >= 0.6 is 11.6 Å². The van der Waals surface area contributed by atoms with Crippen LogP contribution in [0.3, 0.4) is 0 Å². The largest absolute Gasteiger partial charge is 0.326 e. The third kappa shape index (κ3) is 3.52. The highest BCUT2D eigenvalue weighted by Gasteiger charge is 2.35. The Kier molecular flexibility index (Phi) is 4.33. The monoisotopic (exact) mass is 385 g/mol. The van der Waals surface area contributed by atoms with Crippen LogP contribution in [0.15, 0.2) is 48.5 Å². The number of carbonyl (C=O) groups excluding carboxylic acids is 2. The second-order valence-corrected chi connectivity index (χ2v) is 6.41. The van der Waals surface area contributed by atoms with Crippen molar-refractivity contribution in [3.05, 3.63) is 59.4 Å². The Hall–Kier alpha value is -3.26. The van der Waals surface area contributed by atoms with Crippen molar-refractivity contribution in [3.8, 4) is 11.4 Å². The Bertz CT molecular complexity index is 1030. The van der Waals surface area contributed by atoms with E-state index in [1.807, 2.05) is 0 Å². The number of benzene rings is 2. The lowest BCUT2D eigenvalue weighted by Crippen LogP contribution is -2.23. The van der Waals surface area contributed by atoms with E-state index >= 15 is 0 Å². The summed E-state index contributed by atoms with van der Waals surface area (Å²) < 4.78 is 14.6. The Labute approximate surface area is 158 Å². The minimum absolute atomic E-state index is 0.154. The molecular formula is C18H13ClFN5O2. The maximum absolute atomic E-state index is 13.2. The second-order valence-electron chi connectivity index (χ2n) is 5.98. The standard InChI is InChI=1S/C18H13ClFN5O2/c19-11-6-4-10(5-7-11)16-22-18-23-17(27)14(25(18)24-16)9-15(26)21-13-3-1-2-12(20)8-13/h1-8,14H,9H2,(H,21,26)(H,22,23,24,27)/t14-/m0/s1. The van der Waals surface area contributed by atoms with Crippen molar-refractivity contribution >= 4 is 35.1 Å². The molecule has 7 nitrogen and oxygen atoms in total. The molecule has 0 saturated carbocycles. The van der Waals surface area contributed by atoms with Crippen molar-refractivity contribution in [2.45, 2.75) is 12.5 Å². The Morgan fingerprint density at radius 2 is 2.04 bits per heavy atom. The van der Waals surface area contributed by atoms with Crippen LogP contribution in [-0.2, 0) is 9.59 Å². The normalized spacial score (nSPS) is 15.3. The average Bonchev–Trinajstić information content (AvgIpc) is 3.15. The summed E-state index contributed by atoms with van der Waals surface area (Å²) in [7, 11) is 0. The van der Waals surface area contributed by atoms with Crippen LogP contribution < -0.4 is 10.6 Å². The zero-order chi connectivity index (χ0) is 19.0.